The number of ether oxygens (including phenoxy) is 1. The largest absolute Gasteiger partial charge is 0.393 e. The third-order valence-corrected chi connectivity index (χ3v) is 4.46. The number of aromatic nitrogens is 4. The lowest BCUT2D eigenvalue weighted by molar-refractivity contribution is -0.115. The molecule has 3 rings (SSSR count). The summed E-state index contributed by atoms with van der Waals surface area (Å²) in [6.45, 7) is -0.637. The molecule has 0 aliphatic carbocycles. The molecule has 1 saturated heterocycles. The number of nitrogen functional groups attached to an aromatic ring is 1. The first-order valence-corrected chi connectivity index (χ1v) is 7.13. The SMILES string of the molecule is C#CC1(O)C(n2cnc3c(N)ncnc32)OC(CO)(CCl)C1O. The van der Waals surface area contributed by atoms with E-state index in [-0.39, 0.29) is 22.9 Å². The average Bonchev–Trinajstić information content (AvgIpc) is 3.08. The molecule has 3 heterocycles. The van der Waals surface area contributed by atoms with Crippen LogP contribution in [0, 0.1) is 12.3 Å². The quantitative estimate of drug-likeness (QED) is 0.397. The summed E-state index contributed by atoms with van der Waals surface area (Å²) in [5, 5.41) is 30.7. The molecule has 122 valence electrons. The Morgan fingerprint density at radius 1 is 1.48 bits per heavy atom. The Balaban J connectivity index is 2.18. The molecule has 1 aliphatic heterocycles. The molecule has 2 aromatic rings. The number of hydrogen-bond donors (Lipinski definition) is 4. The molecule has 0 saturated carbocycles. The normalized spacial score (nSPS) is 33.9. The lowest BCUT2D eigenvalue weighted by Gasteiger charge is -2.29. The van der Waals surface area contributed by atoms with E-state index in [1.165, 1.54) is 17.2 Å². The Bertz CT molecular complexity index is 786. The van der Waals surface area contributed by atoms with E-state index in [4.69, 9.17) is 28.5 Å². The number of nitrogens with zero attached hydrogens (tertiary/aromatic N) is 4. The Morgan fingerprint density at radius 2 is 2.22 bits per heavy atom. The maximum atomic E-state index is 10.7. The summed E-state index contributed by atoms with van der Waals surface area (Å²) in [5.74, 6) is 1.98. The predicted molar refractivity (Wildman–Crippen MR) is 80.2 cm³/mol. The summed E-state index contributed by atoms with van der Waals surface area (Å²) in [7, 11) is 0. The van der Waals surface area contributed by atoms with E-state index in [0.29, 0.717) is 0 Å². The fourth-order valence-electron chi connectivity index (χ4n) is 2.64. The number of anilines is 1. The summed E-state index contributed by atoms with van der Waals surface area (Å²) in [5.41, 5.74) is 2.50. The molecule has 4 unspecified atom stereocenters. The van der Waals surface area contributed by atoms with Crippen LogP contribution in [0.5, 0.6) is 0 Å². The number of aliphatic hydroxyl groups is 3. The van der Waals surface area contributed by atoms with Gasteiger partial charge in [0.2, 0.25) is 0 Å². The highest BCUT2D eigenvalue weighted by Crippen LogP contribution is 2.45. The van der Waals surface area contributed by atoms with Crippen LogP contribution in [0.3, 0.4) is 0 Å². The van der Waals surface area contributed by atoms with Gasteiger partial charge in [-0.1, -0.05) is 5.92 Å². The number of imidazole rings is 1. The number of aliphatic hydroxyl groups excluding tert-OH is 2. The van der Waals surface area contributed by atoms with Crippen LogP contribution >= 0.6 is 11.6 Å². The van der Waals surface area contributed by atoms with E-state index in [1.54, 1.807) is 0 Å². The van der Waals surface area contributed by atoms with Crippen LogP contribution in [0.1, 0.15) is 6.23 Å². The van der Waals surface area contributed by atoms with Crippen molar-refractivity contribution >= 4 is 28.6 Å². The van der Waals surface area contributed by atoms with Crippen molar-refractivity contribution < 1.29 is 20.1 Å². The van der Waals surface area contributed by atoms with E-state index in [0.717, 1.165) is 0 Å². The van der Waals surface area contributed by atoms with E-state index >= 15 is 0 Å². The lowest BCUT2D eigenvalue weighted by atomic mass is 9.88. The fourth-order valence-corrected chi connectivity index (χ4v) is 2.94. The second kappa shape index (κ2) is 5.30. The Morgan fingerprint density at radius 3 is 2.83 bits per heavy atom. The summed E-state index contributed by atoms with van der Waals surface area (Å²) in [6, 6.07) is 0. The van der Waals surface area contributed by atoms with Crippen molar-refractivity contribution in [3.63, 3.8) is 0 Å². The van der Waals surface area contributed by atoms with Gasteiger partial charge in [-0.05, 0) is 0 Å². The Hall–Kier alpha value is -1.96. The minimum Gasteiger partial charge on any atom is -0.393 e. The van der Waals surface area contributed by atoms with Crippen molar-refractivity contribution in [1.82, 2.24) is 19.5 Å². The van der Waals surface area contributed by atoms with Crippen LogP contribution in [-0.4, -0.2) is 64.6 Å². The maximum Gasteiger partial charge on any atom is 0.199 e. The highest BCUT2D eigenvalue weighted by molar-refractivity contribution is 6.18. The molecule has 0 amide bonds. The average molecular weight is 340 g/mol. The van der Waals surface area contributed by atoms with Gasteiger partial charge in [-0.2, -0.15) is 0 Å². The van der Waals surface area contributed by atoms with Gasteiger partial charge in [0.15, 0.2) is 23.3 Å². The molecular weight excluding hydrogens is 326 g/mol. The van der Waals surface area contributed by atoms with Crippen LogP contribution in [0.15, 0.2) is 12.7 Å². The molecule has 0 bridgehead atoms. The molecule has 0 spiro atoms. The molecule has 4 atom stereocenters. The molecule has 10 heteroatoms. The maximum absolute atomic E-state index is 10.7. The first-order chi connectivity index (χ1) is 10.9. The van der Waals surface area contributed by atoms with E-state index in [2.05, 4.69) is 20.9 Å². The number of rotatable bonds is 3. The second-order valence-corrected chi connectivity index (χ2v) is 5.55. The van der Waals surface area contributed by atoms with Crippen LogP contribution in [0.2, 0.25) is 0 Å². The van der Waals surface area contributed by atoms with Gasteiger partial charge in [0.1, 0.15) is 23.5 Å². The zero-order valence-electron chi connectivity index (χ0n) is 11.8. The summed E-state index contributed by atoms with van der Waals surface area (Å²) in [6.07, 6.45) is 5.03. The van der Waals surface area contributed by atoms with Crippen molar-refractivity contribution in [3.05, 3.63) is 12.7 Å². The number of nitrogens with two attached hydrogens (primary N) is 1. The van der Waals surface area contributed by atoms with E-state index in [9.17, 15) is 15.3 Å². The standard InChI is InChI=1S/C13H14ClN5O4/c1-2-13(22)10(21)12(3-14,4-20)23-11(13)19-6-18-7-8(15)16-5-17-9(7)19/h1,5-6,10-11,20-22H,3-4H2,(H2,15,16,17). The van der Waals surface area contributed by atoms with Gasteiger partial charge in [0, 0.05) is 0 Å². The molecular formula is C13H14ClN5O4. The number of fused-ring (bicyclic) bond motifs is 1. The Labute approximate surface area is 135 Å². The van der Waals surface area contributed by atoms with E-state index < -0.39 is 30.1 Å². The zero-order valence-corrected chi connectivity index (χ0v) is 12.6. The minimum atomic E-state index is -2.15. The molecule has 0 aromatic carbocycles. The first kappa shape index (κ1) is 15.9. The number of terminal acetylenes is 1. The fraction of sp³-hybridized carbons (Fsp3) is 0.462. The number of hydrogen-bond acceptors (Lipinski definition) is 8. The van der Waals surface area contributed by atoms with Crippen LogP contribution in [0.4, 0.5) is 5.82 Å². The molecule has 2 aromatic heterocycles. The van der Waals surface area contributed by atoms with Crippen molar-refractivity contribution in [2.45, 2.75) is 23.5 Å². The van der Waals surface area contributed by atoms with Crippen LogP contribution < -0.4 is 5.73 Å². The zero-order chi connectivity index (χ0) is 16.8. The van der Waals surface area contributed by atoms with Crippen LogP contribution in [0.25, 0.3) is 11.2 Å². The van der Waals surface area contributed by atoms with Gasteiger partial charge >= 0.3 is 0 Å². The molecule has 23 heavy (non-hydrogen) atoms. The molecule has 9 nitrogen and oxygen atoms in total. The van der Waals surface area contributed by atoms with Crippen molar-refractivity contribution in [3.8, 4) is 12.3 Å². The molecule has 1 fully saturated rings. The van der Waals surface area contributed by atoms with Gasteiger partial charge in [0.05, 0.1) is 18.8 Å². The van der Waals surface area contributed by atoms with Crippen molar-refractivity contribution in [2.75, 3.05) is 18.2 Å². The van der Waals surface area contributed by atoms with Crippen molar-refractivity contribution in [1.29, 1.82) is 0 Å². The first-order valence-electron chi connectivity index (χ1n) is 6.59. The third kappa shape index (κ3) is 2.00. The molecule has 0 radical (unpaired) electrons. The highest BCUT2D eigenvalue weighted by Gasteiger charge is 2.63. The topological polar surface area (TPSA) is 140 Å². The second-order valence-electron chi connectivity index (χ2n) is 5.28. The minimum absolute atomic E-state index is 0.141. The molecule has 5 N–H and O–H groups in total. The summed E-state index contributed by atoms with van der Waals surface area (Å²) < 4.78 is 6.98. The number of alkyl halides is 1. The van der Waals surface area contributed by atoms with Gasteiger partial charge < -0.3 is 25.8 Å². The van der Waals surface area contributed by atoms with Crippen LogP contribution in [-0.2, 0) is 4.74 Å². The third-order valence-electron chi connectivity index (χ3n) is 4.00. The van der Waals surface area contributed by atoms with E-state index in [1.807, 2.05) is 0 Å². The Kier molecular flexibility index (Phi) is 3.66. The number of halogens is 1. The highest BCUT2D eigenvalue weighted by atomic mass is 35.5. The predicted octanol–water partition coefficient (Wildman–Crippen LogP) is -1.37. The lowest BCUT2D eigenvalue weighted by Crippen LogP contribution is -2.53. The molecule has 1 aliphatic rings. The van der Waals surface area contributed by atoms with Gasteiger partial charge in [-0.15, -0.1) is 18.0 Å². The summed E-state index contributed by atoms with van der Waals surface area (Å²) >= 11 is 5.82. The van der Waals surface area contributed by atoms with Gasteiger partial charge in [-0.25, -0.2) is 15.0 Å². The summed E-state index contributed by atoms with van der Waals surface area (Å²) in [4.78, 5) is 11.9. The monoisotopic (exact) mass is 339 g/mol. The van der Waals surface area contributed by atoms with Gasteiger partial charge in [-0.3, -0.25) is 4.57 Å². The van der Waals surface area contributed by atoms with Gasteiger partial charge in [0.25, 0.3) is 0 Å². The van der Waals surface area contributed by atoms with Crippen molar-refractivity contribution in [2.24, 2.45) is 0 Å². The smallest absolute Gasteiger partial charge is 0.199 e.